The number of aromatic nitrogens is 2. The first kappa shape index (κ1) is 23.4. The summed E-state index contributed by atoms with van der Waals surface area (Å²) in [5.74, 6) is -0.616. The van der Waals surface area contributed by atoms with Crippen molar-refractivity contribution >= 4 is 19.9 Å². The van der Waals surface area contributed by atoms with Crippen molar-refractivity contribution < 1.29 is 30.7 Å². The SMILES string of the molecule is Cc1c(Oc2ccc(S(C)(=O)=O)cc2F)ncnc1OC1CC2CC[C@@H](C1)N2S(=O)(=O)C1CC1. The molecule has 34 heavy (non-hydrogen) atoms. The van der Waals surface area contributed by atoms with Gasteiger partial charge in [-0.05, 0) is 50.8 Å². The second-order valence-electron chi connectivity index (χ2n) is 9.25. The highest BCUT2D eigenvalue weighted by molar-refractivity contribution is 7.90. The predicted molar refractivity (Wildman–Crippen MR) is 121 cm³/mol. The summed E-state index contributed by atoms with van der Waals surface area (Å²) >= 11 is 0. The van der Waals surface area contributed by atoms with Gasteiger partial charge in [0.05, 0.1) is 15.7 Å². The number of piperidine rings is 1. The van der Waals surface area contributed by atoms with E-state index in [2.05, 4.69) is 9.97 Å². The Hall–Kier alpha value is -2.31. The lowest BCUT2D eigenvalue weighted by atomic mass is 10.0. The summed E-state index contributed by atoms with van der Waals surface area (Å²) in [6.45, 7) is 1.69. The number of fused-ring (bicyclic) bond motifs is 2. The molecule has 3 heterocycles. The lowest BCUT2D eigenvalue weighted by Crippen LogP contribution is -2.50. The molecule has 0 radical (unpaired) electrons. The number of rotatable bonds is 7. The van der Waals surface area contributed by atoms with Crippen LogP contribution in [0.15, 0.2) is 29.4 Å². The molecule has 5 rings (SSSR count). The van der Waals surface area contributed by atoms with Gasteiger partial charge in [-0.15, -0.1) is 0 Å². The second-order valence-corrected chi connectivity index (χ2v) is 13.4. The standard InChI is InChI=1S/C22H26FN3O6S2/c1-13-21(24-12-25-22(13)32-20-8-7-18(11-19(20)23)33(2,27)28)31-16-9-14-3-4-15(10-16)26(14)34(29,30)17-5-6-17/h7-8,11-12,14-17H,3-6,9-10H2,1-2H3/t14-,15?,16?/m0/s1. The largest absolute Gasteiger partial charge is 0.474 e. The topological polar surface area (TPSA) is 116 Å². The summed E-state index contributed by atoms with van der Waals surface area (Å²) in [6, 6.07) is 3.28. The van der Waals surface area contributed by atoms with E-state index in [0.29, 0.717) is 24.3 Å². The molecule has 12 heteroatoms. The van der Waals surface area contributed by atoms with Gasteiger partial charge in [-0.2, -0.15) is 4.31 Å². The molecule has 3 atom stereocenters. The van der Waals surface area contributed by atoms with E-state index in [9.17, 15) is 21.2 Å². The number of sulfonamides is 1. The highest BCUT2D eigenvalue weighted by atomic mass is 32.2. The number of hydrogen-bond acceptors (Lipinski definition) is 8. The third-order valence-corrected chi connectivity index (χ3v) is 10.3. The molecule has 1 aromatic carbocycles. The van der Waals surface area contributed by atoms with Crippen LogP contribution in [-0.4, -0.2) is 60.8 Å². The van der Waals surface area contributed by atoms with E-state index in [1.165, 1.54) is 18.5 Å². The van der Waals surface area contributed by atoms with E-state index in [-0.39, 0.29) is 40.0 Å². The Kier molecular flexibility index (Phi) is 5.80. The Morgan fingerprint density at radius 3 is 2.24 bits per heavy atom. The molecule has 0 N–H and O–H groups in total. The van der Waals surface area contributed by atoms with E-state index >= 15 is 0 Å². The molecule has 3 aliphatic rings. The van der Waals surface area contributed by atoms with Gasteiger partial charge in [0.2, 0.25) is 21.8 Å². The lowest BCUT2D eigenvalue weighted by molar-refractivity contribution is 0.0906. The first-order chi connectivity index (χ1) is 16.0. The zero-order chi connectivity index (χ0) is 24.3. The molecular weight excluding hydrogens is 485 g/mol. The Balaban J connectivity index is 1.31. The zero-order valence-electron chi connectivity index (χ0n) is 18.8. The van der Waals surface area contributed by atoms with Crippen molar-refractivity contribution in [1.29, 1.82) is 0 Å². The van der Waals surface area contributed by atoms with Crippen LogP contribution in [0.25, 0.3) is 0 Å². The van der Waals surface area contributed by atoms with Gasteiger partial charge in [0.15, 0.2) is 21.4 Å². The van der Waals surface area contributed by atoms with Gasteiger partial charge < -0.3 is 9.47 Å². The smallest absolute Gasteiger partial charge is 0.229 e. The maximum absolute atomic E-state index is 14.4. The molecule has 3 fully saturated rings. The maximum Gasteiger partial charge on any atom is 0.229 e. The number of halogens is 1. The first-order valence-electron chi connectivity index (χ1n) is 11.2. The van der Waals surface area contributed by atoms with Gasteiger partial charge in [-0.3, -0.25) is 0 Å². The van der Waals surface area contributed by atoms with Crippen LogP contribution >= 0.6 is 0 Å². The summed E-state index contributed by atoms with van der Waals surface area (Å²) in [7, 11) is -6.78. The molecular formula is C22H26FN3O6S2. The van der Waals surface area contributed by atoms with Crippen molar-refractivity contribution in [3.05, 3.63) is 35.9 Å². The average Bonchev–Trinajstić information content (AvgIpc) is 3.57. The van der Waals surface area contributed by atoms with Crippen LogP contribution in [0, 0.1) is 12.7 Å². The quantitative estimate of drug-likeness (QED) is 0.557. The maximum atomic E-state index is 14.4. The Labute approximate surface area is 198 Å². The number of ether oxygens (including phenoxy) is 2. The third kappa shape index (κ3) is 4.38. The molecule has 1 saturated carbocycles. The second kappa shape index (κ2) is 8.42. The fourth-order valence-electron chi connectivity index (χ4n) is 4.83. The van der Waals surface area contributed by atoms with Crippen LogP contribution in [0.2, 0.25) is 0 Å². The monoisotopic (exact) mass is 511 g/mol. The van der Waals surface area contributed by atoms with Crippen LogP contribution in [-0.2, 0) is 19.9 Å². The summed E-state index contributed by atoms with van der Waals surface area (Å²) in [6.07, 6.45) is 6.38. The zero-order valence-corrected chi connectivity index (χ0v) is 20.5. The molecule has 0 spiro atoms. The number of benzene rings is 1. The van der Waals surface area contributed by atoms with Crippen LogP contribution < -0.4 is 9.47 Å². The van der Waals surface area contributed by atoms with Crippen LogP contribution in [0.5, 0.6) is 17.5 Å². The minimum atomic E-state index is -3.55. The van der Waals surface area contributed by atoms with Gasteiger partial charge in [0.25, 0.3) is 0 Å². The van der Waals surface area contributed by atoms with Gasteiger partial charge in [0, 0.05) is 31.2 Å². The third-order valence-electron chi connectivity index (χ3n) is 6.67. The molecule has 184 valence electrons. The highest BCUT2D eigenvalue weighted by Crippen LogP contribution is 2.44. The van der Waals surface area contributed by atoms with Gasteiger partial charge in [-0.1, -0.05) is 0 Å². The normalized spacial score (nSPS) is 25.3. The first-order valence-corrected chi connectivity index (χ1v) is 14.6. The average molecular weight is 512 g/mol. The molecule has 2 saturated heterocycles. The van der Waals surface area contributed by atoms with Crippen molar-refractivity contribution in [2.24, 2.45) is 0 Å². The molecule has 0 amide bonds. The predicted octanol–water partition coefficient (Wildman–Crippen LogP) is 2.99. The summed E-state index contributed by atoms with van der Waals surface area (Å²) < 4.78 is 76.8. The van der Waals surface area contributed by atoms with Crippen molar-refractivity contribution in [3.63, 3.8) is 0 Å². The van der Waals surface area contributed by atoms with E-state index in [1.807, 2.05) is 0 Å². The van der Waals surface area contributed by atoms with E-state index in [0.717, 1.165) is 38.0 Å². The van der Waals surface area contributed by atoms with Crippen molar-refractivity contribution in [2.45, 2.75) is 73.8 Å². The van der Waals surface area contributed by atoms with Crippen LogP contribution in [0.1, 0.15) is 44.1 Å². The molecule has 2 unspecified atom stereocenters. The molecule has 2 aliphatic heterocycles. The van der Waals surface area contributed by atoms with Crippen LogP contribution in [0.4, 0.5) is 4.39 Å². The fourth-order valence-corrected chi connectivity index (χ4v) is 7.75. The molecule has 1 aromatic heterocycles. The van der Waals surface area contributed by atoms with Gasteiger partial charge in [0.1, 0.15) is 12.4 Å². The number of sulfone groups is 1. The van der Waals surface area contributed by atoms with Crippen molar-refractivity contribution in [2.75, 3.05) is 6.26 Å². The highest BCUT2D eigenvalue weighted by Gasteiger charge is 2.52. The Morgan fingerprint density at radius 2 is 1.65 bits per heavy atom. The minimum Gasteiger partial charge on any atom is -0.474 e. The summed E-state index contributed by atoms with van der Waals surface area (Å²) in [5.41, 5.74) is 0.467. The molecule has 2 aromatic rings. The molecule has 2 bridgehead atoms. The Bertz CT molecular complexity index is 1320. The molecule has 1 aliphatic carbocycles. The van der Waals surface area contributed by atoms with E-state index in [1.54, 1.807) is 11.2 Å². The molecule has 9 nitrogen and oxygen atoms in total. The number of nitrogens with zero attached hydrogens (tertiary/aromatic N) is 3. The summed E-state index contributed by atoms with van der Waals surface area (Å²) in [4.78, 5) is 8.12. The fraction of sp³-hybridized carbons (Fsp3) is 0.545. The number of hydrogen-bond donors (Lipinski definition) is 0. The van der Waals surface area contributed by atoms with E-state index < -0.39 is 25.7 Å². The van der Waals surface area contributed by atoms with Crippen LogP contribution in [0.3, 0.4) is 0 Å². The van der Waals surface area contributed by atoms with E-state index in [4.69, 9.17) is 9.47 Å². The van der Waals surface area contributed by atoms with Crippen molar-refractivity contribution in [1.82, 2.24) is 14.3 Å². The van der Waals surface area contributed by atoms with Crippen molar-refractivity contribution in [3.8, 4) is 17.5 Å². The minimum absolute atomic E-state index is 0.0605. The Morgan fingerprint density at radius 1 is 1.00 bits per heavy atom. The summed E-state index contributed by atoms with van der Waals surface area (Å²) in [5, 5.41) is -0.219. The lowest BCUT2D eigenvalue weighted by Gasteiger charge is -2.37. The van der Waals surface area contributed by atoms with Gasteiger partial charge in [-0.25, -0.2) is 31.2 Å². The van der Waals surface area contributed by atoms with Gasteiger partial charge >= 0.3 is 0 Å².